The molecular weight excluding hydrogens is 246 g/mol. The summed E-state index contributed by atoms with van der Waals surface area (Å²) in [5, 5.41) is 8.62. The van der Waals surface area contributed by atoms with Gasteiger partial charge in [0.25, 0.3) is 0 Å². The van der Waals surface area contributed by atoms with Crippen LogP contribution in [0.3, 0.4) is 0 Å². The van der Waals surface area contributed by atoms with Crippen LogP contribution in [-0.2, 0) is 16.0 Å². The van der Waals surface area contributed by atoms with Crippen molar-refractivity contribution < 1.29 is 19.4 Å². The van der Waals surface area contributed by atoms with Gasteiger partial charge in [0.15, 0.2) is 5.90 Å². The van der Waals surface area contributed by atoms with Crippen molar-refractivity contribution in [1.82, 2.24) is 0 Å². The normalized spacial score (nSPS) is 17.7. The Labute approximate surface area is 111 Å². The van der Waals surface area contributed by atoms with Gasteiger partial charge in [-0.2, -0.15) is 0 Å². The van der Waals surface area contributed by atoms with Gasteiger partial charge in [-0.25, -0.2) is 4.99 Å². The molecule has 1 aromatic carbocycles. The van der Waals surface area contributed by atoms with E-state index in [2.05, 4.69) is 4.99 Å². The molecular formula is C14H17NO4. The molecule has 0 fully saturated rings. The maximum absolute atomic E-state index is 10.5. The Hall–Kier alpha value is -2.04. The van der Waals surface area contributed by atoms with Crippen molar-refractivity contribution in [2.45, 2.75) is 25.3 Å². The minimum atomic E-state index is -0.793. The summed E-state index contributed by atoms with van der Waals surface area (Å²) < 4.78 is 10.6. The van der Waals surface area contributed by atoms with Crippen molar-refractivity contribution in [3.05, 3.63) is 29.8 Å². The first kappa shape index (κ1) is 13.4. The fourth-order valence-corrected chi connectivity index (χ4v) is 1.92. The van der Waals surface area contributed by atoms with Gasteiger partial charge in [-0.05, 0) is 24.1 Å². The van der Waals surface area contributed by atoms with Gasteiger partial charge in [0.1, 0.15) is 12.4 Å². The summed E-state index contributed by atoms with van der Waals surface area (Å²) in [7, 11) is 1.63. The predicted molar refractivity (Wildman–Crippen MR) is 70.7 cm³/mol. The zero-order chi connectivity index (χ0) is 13.7. The Morgan fingerprint density at radius 3 is 2.84 bits per heavy atom. The zero-order valence-electron chi connectivity index (χ0n) is 10.8. The number of aliphatic imine (C=N–C) groups is 1. The summed E-state index contributed by atoms with van der Waals surface area (Å²) in [6.07, 6.45) is 1.29. The minimum absolute atomic E-state index is 0.0238. The molecule has 1 atom stereocenters. The number of nitrogens with zero attached hydrogens (tertiary/aromatic N) is 1. The molecule has 1 aliphatic heterocycles. The highest BCUT2D eigenvalue weighted by Crippen LogP contribution is 2.16. The molecule has 2 rings (SSSR count). The van der Waals surface area contributed by atoms with E-state index < -0.39 is 5.97 Å². The predicted octanol–water partition coefficient (Wildman–Crippen LogP) is 1.90. The number of carboxylic acids is 1. The van der Waals surface area contributed by atoms with Gasteiger partial charge >= 0.3 is 5.97 Å². The molecule has 0 aromatic heterocycles. The highest BCUT2D eigenvalue weighted by molar-refractivity contribution is 5.80. The smallest absolute Gasteiger partial charge is 0.303 e. The molecule has 5 nitrogen and oxygen atoms in total. The average molecular weight is 263 g/mol. The Morgan fingerprint density at radius 1 is 1.47 bits per heavy atom. The van der Waals surface area contributed by atoms with Gasteiger partial charge in [-0.15, -0.1) is 0 Å². The summed E-state index contributed by atoms with van der Waals surface area (Å²) >= 11 is 0. The fraction of sp³-hybridized carbons (Fsp3) is 0.429. The number of hydrogen-bond donors (Lipinski definition) is 1. The second-order valence-electron chi connectivity index (χ2n) is 4.44. The van der Waals surface area contributed by atoms with E-state index in [1.165, 1.54) is 0 Å². The van der Waals surface area contributed by atoms with Gasteiger partial charge in [0.2, 0.25) is 0 Å². The second-order valence-corrected chi connectivity index (χ2v) is 4.44. The van der Waals surface area contributed by atoms with Crippen molar-refractivity contribution in [2.75, 3.05) is 13.7 Å². The van der Waals surface area contributed by atoms with Crippen LogP contribution in [0.1, 0.15) is 18.4 Å². The number of hydrogen-bond acceptors (Lipinski definition) is 4. The lowest BCUT2D eigenvalue weighted by Gasteiger charge is -2.03. The molecule has 0 radical (unpaired) electrons. The van der Waals surface area contributed by atoms with Crippen LogP contribution in [0.2, 0.25) is 0 Å². The maximum Gasteiger partial charge on any atom is 0.303 e. The quantitative estimate of drug-likeness (QED) is 0.851. The molecule has 0 amide bonds. The maximum atomic E-state index is 10.5. The molecule has 19 heavy (non-hydrogen) atoms. The first-order chi connectivity index (χ1) is 9.17. The summed E-state index contributed by atoms with van der Waals surface area (Å²) in [6.45, 7) is 0.485. The van der Waals surface area contributed by atoms with Crippen LogP contribution in [0.4, 0.5) is 0 Å². The van der Waals surface area contributed by atoms with E-state index in [4.69, 9.17) is 14.6 Å². The molecule has 1 N–H and O–H groups in total. The van der Waals surface area contributed by atoms with Crippen molar-refractivity contribution in [1.29, 1.82) is 0 Å². The molecule has 0 aliphatic carbocycles. The van der Waals surface area contributed by atoms with Gasteiger partial charge in [0.05, 0.1) is 13.2 Å². The van der Waals surface area contributed by atoms with Gasteiger partial charge in [0, 0.05) is 12.8 Å². The average Bonchev–Trinajstić information content (AvgIpc) is 2.85. The zero-order valence-corrected chi connectivity index (χ0v) is 10.8. The molecule has 1 heterocycles. The summed E-state index contributed by atoms with van der Waals surface area (Å²) in [5.74, 6) is 0.705. The lowest BCUT2D eigenvalue weighted by atomic mass is 10.1. The Kier molecular flexibility index (Phi) is 4.39. The first-order valence-electron chi connectivity index (χ1n) is 6.21. The largest absolute Gasteiger partial charge is 0.497 e. The van der Waals surface area contributed by atoms with Crippen LogP contribution in [0.15, 0.2) is 29.3 Å². The third kappa shape index (κ3) is 3.98. The number of rotatable bonds is 6. The fourth-order valence-electron chi connectivity index (χ4n) is 1.92. The van der Waals surface area contributed by atoms with E-state index in [1.54, 1.807) is 7.11 Å². The monoisotopic (exact) mass is 263 g/mol. The van der Waals surface area contributed by atoms with Crippen molar-refractivity contribution in [2.24, 2.45) is 4.99 Å². The molecule has 0 spiro atoms. The Morgan fingerprint density at radius 2 is 2.21 bits per heavy atom. The van der Waals surface area contributed by atoms with Crippen LogP contribution in [0.5, 0.6) is 5.75 Å². The molecule has 102 valence electrons. The topological polar surface area (TPSA) is 68.1 Å². The van der Waals surface area contributed by atoms with Crippen LogP contribution in [0, 0.1) is 0 Å². The lowest BCUT2D eigenvalue weighted by Crippen LogP contribution is -2.09. The second kappa shape index (κ2) is 6.22. The lowest BCUT2D eigenvalue weighted by molar-refractivity contribution is -0.137. The molecule has 1 aliphatic rings. The highest BCUT2D eigenvalue weighted by atomic mass is 16.5. The highest BCUT2D eigenvalue weighted by Gasteiger charge is 2.19. The van der Waals surface area contributed by atoms with E-state index in [9.17, 15) is 4.79 Å². The minimum Gasteiger partial charge on any atom is -0.497 e. The van der Waals surface area contributed by atoms with Crippen LogP contribution in [-0.4, -0.2) is 36.7 Å². The number of benzene rings is 1. The van der Waals surface area contributed by atoms with E-state index in [0.717, 1.165) is 11.3 Å². The Bertz CT molecular complexity index is 467. The van der Waals surface area contributed by atoms with Gasteiger partial charge in [-0.1, -0.05) is 12.1 Å². The van der Waals surface area contributed by atoms with Crippen molar-refractivity contribution in [3.63, 3.8) is 0 Å². The van der Waals surface area contributed by atoms with Gasteiger partial charge < -0.3 is 14.6 Å². The summed E-state index contributed by atoms with van der Waals surface area (Å²) in [6, 6.07) is 7.70. The molecule has 5 heteroatoms. The third-order valence-corrected chi connectivity index (χ3v) is 2.97. The number of aliphatic carboxylic acids is 1. The van der Waals surface area contributed by atoms with E-state index in [0.29, 0.717) is 25.3 Å². The summed E-state index contributed by atoms with van der Waals surface area (Å²) in [5.41, 5.74) is 1.10. The molecule has 0 saturated heterocycles. The number of ether oxygens (including phenoxy) is 2. The molecule has 1 aromatic rings. The number of methoxy groups -OCH3 is 1. The van der Waals surface area contributed by atoms with E-state index in [-0.39, 0.29) is 12.5 Å². The van der Waals surface area contributed by atoms with Crippen LogP contribution >= 0.6 is 0 Å². The Balaban J connectivity index is 1.88. The van der Waals surface area contributed by atoms with Crippen LogP contribution < -0.4 is 4.74 Å². The molecule has 0 saturated carbocycles. The van der Waals surface area contributed by atoms with Crippen molar-refractivity contribution in [3.8, 4) is 5.75 Å². The van der Waals surface area contributed by atoms with Crippen molar-refractivity contribution >= 4 is 11.9 Å². The van der Waals surface area contributed by atoms with E-state index >= 15 is 0 Å². The third-order valence-electron chi connectivity index (χ3n) is 2.97. The summed E-state index contributed by atoms with van der Waals surface area (Å²) in [4.78, 5) is 14.9. The molecule has 1 unspecified atom stereocenters. The number of carboxylic acid groups (broad SMARTS) is 1. The van der Waals surface area contributed by atoms with Crippen LogP contribution in [0.25, 0.3) is 0 Å². The SMILES string of the molecule is COc1ccc(CC2=NC(CCC(=O)O)CO2)cc1. The standard InChI is InChI=1S/C14H17NO4/c1-18-12-5-2-10(3-6-12)8-13-15-11(9-19-13)4-7-14(16)17/h2-3,5-6,11H,4,7-9H2,1H3,(H,16,17). The molecule has 0 bridgehead atoms. The first-order valence-corrected chi connectivity index (χ1v) is 6.21. The van der Waals surface area contributed by atoms with E-state index in [1.807, 2.05) is 24.3 Å². The van der Waals surface area contributed by atoms with Gasteiger partial charge in [-0.3, -0.25) is 4.79 Å². The number of carbonyl (C=O) groups is 1.